The van der Waals surface area contributed by atoms with Crippen molar-refractivity contribution in [1.82, 2.24) is 10.6 Å². The predicted molar refractivity (Wildman–Crippen MR) is 53.4 cm³/mol. The Morgan fingerprint density at radius 1 is 1.23 bits per heavy atom. The van der Waals surface area contributed by atoms with Crippen LogP contribution < -0.4 is 10.6 Å². The van der Waals surface area contributed by atoms with E-state index >= 15 is 0 Å². The molecule has 0 aliphatic heterocycles. The number of hydrogen-bond acceptors (Lipinski definition) is 2. The number of rotatable bonds is 3. The maximum atomic E-state index is 11.0. The molecule has 1 aliphatic rings. The molecule has 0 aromatic rings. The van der Waals surface area contributed by atoms with Gasteiger partial charge in [0, 0.05) is 13.1 Å². The smallest absolute Gasteiger partial charge is 0.233 e. The molecule has 3 nitrogen and oxygen atoms in total. The Bertz CT molecular complexity index is 207. The van der Waals surface area contributed by atoms with Gasteiger partial charge in [-0.2, -0.15) is 0 Å². The van der Waals surface area contributed by atoms with E-state index in [-0.39, 0.29) is 5.91 Å². The molecule has 2 N–H and O–H groups in total. The van der Waals surface area contributed by atoms with Crippen LogP contribution in [-0.2, 0) is 4.79 Å². The average Bonchev–Trinajstić information content (AvgIpc) is 2.40. The van der Waals surface area contributed by atoms with Gasteiger partial charge < -0.3 is 10.6 Å². The summed E-state index contributed by atoms with van der Waals surface area (Å²) in [6, 6.07) is 0.456. The fourth-order valence-electron chi connectivity index (χ4n) is 1.99. The first kappa shape index (κ1) is 10.5. The standard InChI is InChI=1S/C10H20N2O/c1-9(2)8(10(9,3)4)12-6-7(13)11-5/h8,12H,6H2,1-5H3,(H,11,13). The highest BCUT2D eigenvalue weighted by Crippen LogP contribution is 2.62. The second-order valence-corrected chi connectivity index (χ2v) is 4.93. The van der Waals surface area contributed by atoms with Crippen molar-refractivity contribution in [1.29, 1.82) is 0 Å². The van der Waals surface area contributed by atoms with Crippen molar-refractivity contribution >= 4 is 5.91 Å². The van der Waals surface area contributed by atoms with E-state index in [0.29, 0.717) is 23.4 Å². The lowest BCUT2D eigenvalue weighted by Crippen LogP contribution is -2.34. The Morgan fingerprint density at radius 2 is 1.69 bits per heavy atom. The van der Waals surface area contributed by atoms with Gasteiger partial charge in [0.25, 0.3) is 0 Å². The summed E-state index contributed by atoms with van der Waals surface area (Å²) in [5.41, 5.74) is 0.613. The Balaban J connectivity index is 2.38. The van der Waals surface area contributed by atoms with Crippen molar-refractivity contribution in [2.75, 3.05) is 13.6 Å². The SMILES string of the molecule is CNC(=O)CNC1C(C)(C)C1(C)C. The maximum absolute atomic E-state index is 11.0. The van der Waals surface area contributed by atoms with Crippen LogP contribution in [-0.4, -0.2) is 25.5 Å². The lowest BCUT2D eigenvalue weighted by molar-refractivity contribution is -0.119. The highest BCUT2D eigenvalue weighted by Gasteiger charge is 2.64. The number of amides is 1. The van der Waals surface area contributed by atoms with Gasteiger partial charge in [0.15, 0.2) is 0 Å². The highest BCUT2D eigenvalue weighted by molar-refractivity contribution is 5.77. The molecule has 1 amide bonds. The van der Waals surface area contributed by atoms with Crippen LogP contribution in [0.1, 0.15) is 27.7 Å². The third kappa shape index (κ3) is 1.57. The zero-order valence-corrected chi connectivity index (χ0v) is 9.19. The molecule has 0 saturated heterocycles. The Kier molecular flexibility index (Phi) is 2.41. The molecule has 0 heterocycles. The van der Waals surface area contributed by atoms with Crippen LogP contribution in [0.2, 0.25) is 0 Å². The number of carbonyl (C=O) groups is 1. The van der Waals surface area contributed by atoms with Crippen LogP contribution in [0.15, 0.2) is 0 Å². The van der Waals surface area contributed by atoms with Gasteiger partial charge in [0.1, 0.15) is 0 Å². The van der Waals surface area contributed by atoms with Gasteiger partial charge >= 0.3 is 0 Å². The number of hydrogen-bond donors (Lipinski definition) is 2. The monoisotopic (exact) mass is 184 g/mol. The first-order valence-corrected chi connectivity index (χ1v) is 4.78. The lowest BCUT2D eigenvalue weighted by Gasteiger charge is -2.04. The van der Waals surface area contributed by atoms with E-state index in [9.17, 15) is 4.79 Å². The summed E-state index contributed by atoms with van der Waals surface area (Å²) in [6.45, 7) is 9.35. The van der Waals surface area contributed by atoms with Gasteiger partial charge in [-0.25, -0.2) is 0 Å². The first-order valence-electron chi connectivity index (χ1n) is 4.78. The second-order valence-electron chi connectivity index (χ2n) is 4.93. The Morgan fingerprint density at radius 3 is 2.00 bits per heavy atom. The van der Waals surface area contributed by atoms with E-state index in [4.69, 9.17) is 0 Å². The van der Waals surface area contributed by atoms with Crippen LogP contribution in [0.3, 0.4) is 0 Å². The topological polar surface area (TPSA) is 41.1 Å². The summed E-state index contributed by atoms with van der Waals surface area (Å²) < 4.78 is 0. The summed E-state index contributed by atoms with van der Waals surface area (Å²) in [4.78, 5) is 11.0. The van der Waals surface area contributed by atoms with Crippen LogP contribution in [0.5, 0.6) is 0 Å². The zero-order valence-electron chi connectivity index (χ0n) is 9.19. The number of likely N-dealkylation sites (N-methyl/N-ethyl adjacent to an activating group) is 1. The van der Waals surface area contributed by atoms with E-state index in [1.807, 2.05) is 0 Å². The van der Waals surface area contributed by atoms with Gasteiger partial charge in [-0.3, -0.25) is 4.79 Å². The van der Waals surface area contributed by atoms with Crippen molar-refractivity contribution in [3.05, 3.63) is 0 Å². The van der Waals surface area contributed by atoms with Crippen molar-refractivity contribution in [2.24, 2.45) is 10.8 Å². The molecule has 0 unspecified atom stereocenters. The number of nitrogens with one attached hydrogen (secondary N) is 2. The van der Waals surface area contributed by atoms with Gasteiger partial charge in [0.05, 0.1) is 6.54 Å². The molecule has 0 bridgehead atoms. The van der Waals surface area contributed by atoms with E-state index in [1.54, 1.807) is 7.05 Å². The zero-order chi connectivity index (χ0) is 10.3. The molecule has 1 rings (SSSR count). The highest BCUT2D eigenvalue weighted by atomic mass is 16.1. The van der Waals surface area contributed by atoms with E-state index in [2.05, 4.69) is 38.3 Å². The quantitative estimate of drug-likeness (QED) is 0.680. The average molecular weight is 184 g/mol. The molecule has 0 atom stereocenters. The third-order valence-electron chi connectivity index (χ3n) is 3.77. The molecule has 76 valence electrons. The van der Waals surface area contributed by atoms with Gasteiger partial charge in [0.2, 0.25) is 5.91 Å². The molecule has 0 radical (unpaired) electrons. The van der Waals surface area contributed by atoms with E-state index < -0.39 is 0 Å². The number of carbonyl (C=O) groups excluding carboxylic acids is 1. The molecular formula is C10H20N2O. The molecule has 13 heavy (non-hydrogen) atoms. The first-order chi connectivity index (χ1) is 5.84. The second kappa shape index (κ2) is 2.98. The van der Waals surface area contributed by atoms with Gasteiger partial charge in [-0.15, -0.1) is 0 Å². The summed E-state index contributed by atoms with van der Waals surface area (Å²) in [5, 5.41) is 5.88. The van der Waals surface area contributed by atoms with Gasteiger partial charge in [-0.05, 0) is 10.8 Å². The normalized spacial score (nSPS) is 24.1. The van der Waals surface area contributed by atoms with Crippen LogP contribution in [0.25, 0.3) is 0 Å². The Labute approximate surface area is 80.3 Å². The summed E-state index contributed by atoms with van der Waals surface area (Å²) in [5.74, 6) is 0.0542. The molecule has 0 aromatic heterocycles. The lowest BCUT2D eigenvalue weighted by atomic mass is 10.0. The van der Waals surface area contributed by atoms with Crippen molar-refractivity contribution in [2.45, 2.75) is 33.7 Å². The third-order valence-corrected chi connectivity index (χ3v) is 3.77. The molecule has 1 fully saturated rings. The molecule has 1 aliphatic carbocycles. The summed E-state index contributed by atoms with van der Waals surface area (Å²) in [6.07, 6.45) is 0. The fraction of sp³-hybridized carbons (Fsp3) is 0.900. The molecule has 0 aromatic carbocycles. The largest absolute Gasteiger partial charge is 0.358 e. The van der Waals surface area contributed by atoms with Crippen molar-refractivity contribution in [3.8, 4) is 0 Å². The summed E-state index contributed by atoms with van der Waals surface area (Å²) >= 11 is 0. The predicted octanol–water partition coefficient (Wildman–Crippen LogP) is 0.757. The maximum Gasteiger partial charge on any atom is 0.233 e. The molecular weight excluding hydrogens is 164 g/mol. The Hall–Kier alpha value is -0.570. The van der Waals surface area contributed by atoms with Crippen molar-refractivity contribution < 1.29 is 4.79 Å². The minimum Gasteiger partial charge on any atom is -0.358 e. The van der Waals surface area contributed by atoms with Gasteiger partial charge in [-0.1, -0.05) is 27.7 Å². The minimum absolute atomic E-state index is 0.0542. The minimum atomic E-state index is 0.0542. The molecule has 0 spiro atoms. The molecule has 3 heteroatoms. The van der Waals surface area contributed by atoms with Crippen molar-refractivity contribution in [3.63, 3.8) is 0 Å². The van der Waals surface area contributed by atoms with Crippen LogP contribution in [0.4, 0.5) is 0 Å². The van der Waals surface area contributed by atoms with Crippen LogP contribution >= 0.6 is 0 Å². The van der Waals surface area contributed by atoms with Crippen LogP contribution in [0, 0.1) is 10.8 Å². The molecule has 1 saturated carbocycles. The fourth-order valence-corrected chi connectivity index (χ4v) is 1.99. The summed E-state index contributed by atoms with van der Waals surface area (Å²) in [7, 11) is 1.66. The van der Waals surface area contributed by atoms with E-state index in [0.717, 1.165) is 0 Å². The van der Waals surface area contributed by atoms with E-state index in [1.165, 1.54) is 0 Å².